The topological polar surface area (TPSA) is 80.6 Å². The molecule has 3 aromatic rings. The predicted molar refractivity (Wildman–Crippen MR) is 107 cm³/mol. The van der Waals surface area contributed by atoms with Crippen LogP contribution in [0.3, 0.4) is 0 Å². The Bertz CT molecular complexity index is 949. The van der Waals surface area contributed by atoms with E-state index in [4.69, 9.17) is 20.8 Å². The zero-order chi connectivity index (χ0) is 19.9. The summed E-state index contributed by atoms with van der Waals surface area (Å²) in [6, 6.07) is 17.5. The van der Waals surface area contributed by atoms with Gasteiger partial charge in [0.2, 0.25) is 5.91 Å². The number of furan rings is 1. The maximum atomic E-state index is 12.1. The molecule has 0 fully saturated rings. The summed E-state index contributed by atoms with van der Waals surface area (Å²) in [6.45, 7) is 1.97. The zero-order valence-electron chi connectivity index (χ0n) is 15.2. The second-order valence-electron chi connectivity index (χ2n) is 6.11. The average molecular weight is 399 g/mol. The summed E-state index contributed by atoms with van der Waals surface area (Å²) in [4.78, 5) is 24.1. The molecule has 7 heteroatoms. The van der Waals surface area contributed by atoms with E-state index < -0.39 is 5.91 Å². The quantitative estimate of drug-likeness (QED) is 0.625. The van der Waals surface area contributed by atoms with Crippen LogP contribution in [0.15, 0.2) is 65.1 Å². The summed E-state index contributed by atoms with van der Waals surface area (Å²) >= 11 is 5.82. The maximum Gasteiger partial charge on any atom is 0.287 e. The number of anilines is 1. The number of rotatable bonds is 7. The Hall–Kier alpha value is -3.25. The summed E-state index contributed by atoms with van der Waals surface area (Å²) in [6.07, 6.45) is 0. The van der Waals surface area contributed by atoms with Crippen molar-refractivity contribution in [1.82, 2.24) is 5.32 Å². The number of halogens is 1. The van der Waals surface area contributed by atoms with Crippen LogP contribution in [-0.2, 0) is 11.4 Å². The average Bonchev–Trinajstić information content (AvgIpc) is 3.17. The van der Waals surface area contributed by atoms with Gasteiger partial charge in [-0.05, 0) is 55.5 Å². The fourth-order valence-corrected chi connectivity index (χ4v) is 2.48. The number of amides is 2. The number of carbonyl (C=O) groups excluding carboxylic acids is 2. The van der Waals surface area contributed by atoms with Gasteiger partial charge in [-0.1, -0.05) is 29.3 Å². The SMILES string of the molecule is Cc1ccc(NC(=O)CNC(=O)c2ccc(COc3ccc(Cl)cc3)o2)cc1. The highest BCUT2D eigenvalue weighted by Gasteiger charge is 2.13. The van der Waals surface area contributed by atoms with Crippen LogP contribution in [0.1, 0.15) is 21.9 Å². The minimum absolute atomic E-state index is 0.109. The van der Waals surface area contributed by atoms with E-state index in [1.165, 1.54) is 6.07 Å². The number of hydrogen-bond donors (Lipinski definition) is 2. The molecule has 0 unspecified atom stereocenters. The Balaban J connectivity index is 1.46. The van der Waals surface area contributed by atoms with Crippen molar-refractivity contribution in [3.05, 3.63) is 82.8 Å². The third-order valence-corrected chi connectivity index (χ3v) is 4.08. The molecule has 0 radical (unpaired) electrons. The lowest BCUT2D eigenvalue weighted by atomic mass is 10.2. The Morgan fingerprint density at radius 1 is 1.00 bits per heavy atom. The van der Waals surface area contributed by atoms with Crippen LogP contribution in [0.5, 0.6) is 5.75 Å². The van der Waals surface area contributed by atoms with Crippen molar-refractivity contribution in [2.24, 2.45) is 0 Å². The molecule has 0 spiro atoms. The Kier molecular flexibility index (Phi) is 6.34. The molecule has 2 amide bonds. The minimum Gasteiger partial charge on any atom is -0.486 e. The van der Waals surface area contributed by atoms with Crippen LogP contribution in [0.4, 0.5) is 5.69 Å². The molecule has 0 aliphatic carbocycles. The Labute approximate surface area is 167 Å². The molecule has 0 atom stereocenters. The van der Waals surface area contributed by atoms with E-state index in [0.717, 1.165) is 5.56 Å². The van der Waals surface area contributed by atoms with E-state index in [1.807, 2.05) is 19.1 Å². The molecule has 6 nitrogen and oxygen atoms in total. The molecule has 0 aliphatic heterocycles. The molecule has 0 bridgehead atoms. The van der Waals surface area contributed by atoms with Gasteiger partial charge in [0.1, 0.15) is 18.1 Å². The number of benzene rings is 2. The van der Waals surface area contributed by atoms with Crippen molar-refractivity contribution in [2.75, 3.05) is 11.9 Å². The first kappa shape index (κ1) is 19.5. The van der Waals surface area contributed by atoms with Gasteiger partial charge in [-0.25, -0.2) is 0 Å². The van der Waals surface area contributed by atoms with Crippen LogP contribution in [0.25, 0.3) is 0 Å². The van der Waals surface area contributed by atoms with Crippen LogP contribution >= 0.6 is 11.6 Å². The van der Waals surface area contributed by atoms with E-state index in [9.17, 15) is 9.59 Å². The van der Waals surface area contributed by atoms with Gasteiger partial charge in [0, 0.05) is 10.7 Å². The molecular weight excluding hydrogens is 380 g/mol. The second-order valence-corrected chi connectivity index (χ2v) is 6.54. The molecule has 1 heterocycles. The molecule has 3 rings (SSSR count). The van der Waals surface area contributed by atoms with Gasteiger partial charge in [-0.15, -0.1) is 0 Å². The third kappa shape index (κ3) is 5.62. The highest BCUT2D eigenvalue weighted by molar-refractivity contribution is 6.30. The highest BCUT2D eigenvalue weighted by atomic mass is 35.5. The number of aryl methyl sites for hydroxylation is 1. The predicted octanol–water partition coefficient (Wildman–Crippen LogP) is 4.19. The monoisotopic (exact) mass is 398 g/mol. The lowest BCUT2D eigenvalue weighted by Gasteiger charge is -2.06. The summed E-state index contributed by atoms with van der Waals surface area (Å²) in [5, 5.41) is 5.85. The lowest BCUT2D eigenvalue weighted by molar-refractivity contribution is -0.115. The summed E-state index contributed by atoms with van der Waals surface area (Å²) in [5.74, 6) is 0.438. The molecular formula is C21H19ClN2O4. The number of hydrogen-bond acceptors (Lipinski definition) is 4. The number of nitrogens with one attached hydrogen (secondary N) is 2. The first-order chi connectivity index (χ1) is 13.5. The zero-order valence-corrected chi connectivity index (χ0v) is 16.0. The Morgan fingerprint density at radius 3 is 2.43 bits per heavy atom. The van der Waals surface area contributed by atoms with E-state index in [0.29, 0.717) is 22.2 Å². The lowest BCUT2D eigenvalue weighted by Crippen LogP contribution is -2.32. The molecule has 144 valence electrons. The van der Waals surface area contributed by atoms with Crippen LogP contribution in [-0.4, -0.2) is 18.4 Å². The molecule has 28 heavy (non-hydrogen) atoms. The van der Waals surface area contributed by atoms with E-state index in [1.54, 1.807) is 42.5 Å². The summed E-state index contributed by atoms with van der Waals surface area (Å²) in [5.41, 5.74) is 1.77. The second kappa shape index (κ2) is 9.10. The van der Waals surface area contributed by atoms with Crippen molar-refractivity contribution < 1.29 is 18.7 Å². The fraction of sp³-hybridized carbons (Fsp3) is 0.143. The molecule has 1 aromatic heterocycles. The van der Waals surface area contributed by atoms with Gasteiger partial charge < -0.3 is 19.8 Å². The summed E-state index contributed by atoms with van der Waals surface area (Å²) in [7, 11) is 0. The molecule has 2 aromatic carbocycles. The van der Waals surface area contributed by atoms with Crippen LogP contribution in [0.2, 0.25) is 5.02 Å². The van der Waals surface area contributed by atoms with Gasteiger partial charge >= 0.3 is 0 Å². The first-order valence-electron chi connectivity index (χ1n) is 8.61. The Morgan fingerprint density at radius 2 is 1.71 bits per heavy atom. The molecule has 0 saturated heterocycles. The van der Waals surface area contributed by atoms with Gasteiger partial charge in [0.25, 0.3) is 5.91 Å². The van der Waals surface area contributed by atoms with Gasteiger partial charge in [-0.2, -0.15) is 0 Å². The van der Waals surface area contributed by atoms with Crippen molar-refractivity contribution in [2.45, 2.75) is 13.5 Å². The number of carbonyl (C=O) groups is 2. The molecule has 0 saturated carbocycles. The van der Waals surface area contributed by atoms with Crippen molar-refractivity contribution in [3.8, 4) is 5.75 Å². The van der Waals surface area contributed by atoms with Crippen LogP contribution in [0, 0.1) is 6.92 Å². The largest absolute Gasteiger partial charge is 0.486 e. The van der Waals surface area contributed by atoms with Gasteiger partial charge in [0.15, 0.2) is 5.76 Å². The van der Waals surface area contributed by atoms with Crippen molar-refractivity contribution in [1.29, 1.82) is 0 Å². The van der Waals surface area contributed by atoms with Crippen molar-refractivity contribution >= 4 is 29.1 Å². The number of ether oxygens (including phenoxy) is 1. The van der Waals surface area contributed by atoms with Crippen molar-refractivity contribution in [3.63, 3.8) is 0 Å². The third-order valence-electron chi connectivity index (χ3n) is 3.83. The maximum absolute atomic E-state index is 12.1. The minimum atomic E-state index is -0.475. The molecule has 0 aliphatic rings. The fourth-order valence-electron chi connectivity index (χ4n) is 2.35. The normalized spacial score (nSPS) is 10.4. The first-order valence-corrected chi connectivity index (χ1v) is 8.99. The molecule has 2 N–H and O–H groups in total. The van der Waals surface area contributed by atoms with E-state index in [2.05, 4.69) is 10.6 Å². The van der Waals surface area contributed by atoms with Gasteiger partial charge in [0.05, 0.1) is 6.54 Å². The summed E-state index contributed by atoms with van der Waals surface area (Å²) < 4.78 is 11.0. The van der Waals surface area contributed by atoms with E-state index >= 15 is 0 Å². The van der Waals surface area contributed by atoms with E-state index in [-0.39, 0.29) is 24.8 Å². The van der Waals surface area contributed by atoms with Crippen LogP contribution < -0.4 is 15.4 Å². The smallest absolute Gasteiger partial charge is 0.287 e. The van der Waals surface area contributed by atoms with Gasteiger partial charge in [-0.3, -0.25) is 9.59 Å². The highest BCUT2D eigenvalue weighted by Crippen LogP contribution is 2.17. The standard InChI is InChI=1S/C21H19ClN2O4/c1-14-2-6-16(7-3-14)24-20(25)12-23-21(26)19-11-10-18(28-19)13-27-17-8-4-15(22)5-9-17/h2-11H,12-13H2,1H3,(H,23,26)(H,24,25).